The maximum absolute atomic E-state index is 12.4. The molecule has 1 heterocycles. The van der Waals surface area contributed by atoms with Crippen LogP contribution in [0.2, 0.25) is 0 Å². The number of allylic oxidation sites excluding steroid dienone is 2. The maximum atomic E-state index is 12.4. The van der Waals surface area contributed by atoms with Crippen LogP contribution >= 0.6 is 0 Å². The number of hydrogen-bond donors (Lipinski definition) is 1. The lowest BCUT2D eigenvalue weighted by molar-refractivity contribution is -0.138. The molecular weight excluding hydrogens is 374 g/mol. The zero-order chi connectivity index (χ0) is 21.5. The van der Waals surface area contributed by atoms with Gasteiger partial charge >= 0.3 is 5.97 Å². The van der Waals surface area contributed by atoms with Crippen LogP contribution in [0.4, 0.5) is 0 Å². The fourth-order valence-electron chi connectivity index (χ4n) is 3.61. The molecule has 0 bridgehead atoms. The number of ether oxygens (including phenoxy) is 1. The van der Waals surface area contributed by atoms with Crippen molar-refractivity contribution in [3.05, 3.63) is 82.9 Å². The van der Waals surface area contributed by atoms with Gasteiger partial charge in [-0.1, -0.05) is 42.8 Å². The highest BCUT2D eigenvalue weighted by molar-refractivity contribution is 6.13. The largest absolute Gasteiger partial charge is 0.508 e. The van der Waals surface area contributed by atoms with Crippen molar-refractivity contribution in [2.24, 2.45) is 4.99 Å². The molecule has 0 amide bonds. The molecule has 0 fully saturated rings. The second-order valence-corrected chi connectivity index (χ2v) is 7.52. The maximum Gasteiger partial charge on any atom is 0.333 e. The van der Waals surface area contributed by atoms with E-state index < -0.39 is 0 Å². The SMILES string of the molecule is CC/C=C(\CC1CC(c2ccc(C)cc2)=CC(c2ccc(O)cc2)=N1)C(=O)OCC. The number of aromatic hydroxyl groups is 1. The fourth-order valence-corrected chi connectivity index (χ4v) is 3.61. The van der Waals surface area contributed by atoms with Gasteiger partial charge in [-0.25, -0.2) is 4.79 Å². The average Bonchev–Trinajstić information content (AvgIpc) is 2.74. The normalized spacial score (nSPS) is 16.6. The van der Waals surface area contributed by atoms with E-state index in [-0.39, 0.29) is 17.8 Å². The summed E-state index contributed by atoms with van der Waals surface area (Å²) in [5.41, 5.74) is 6.06. The molecular formula is C26H29NO3. The van der Waals surface area contributed by atoms with Crippen LogP contribution in [-0.2, 0) is 9.53 Å². The molecule has 1 atom stereocenters. The van der Waals surface area contributed by atoms with Crippen molar-refractivity contribution < 1.29 is 14.6 Å². The minimum absolute atomic E-state index is 0.0580. The van der Waals surface area contributed by atoms with Gasteiger partial charge in [0, 0.05) is 12.0 Å². The van der Waals surface area contributed by atoms with Crippen LogP contribution in [0, 0.1) is 6.92 Å². The molecule has 1 unspecified atom stereocenters. The summed E-state index contributed by atoms with van der Waals surface area (Å²) in [5, 5.41) is 9.64. The number of phenols is 1. The smallest absolute Gasteiger partial charge is 0.333 e. The Labute approximate surface area is 178 Å². The van der Waals surface area contributed by atoms with Gasteiger partial charge in [0.25, 0.3) is 0 Å². The Morgan fingerprint density at radius 3 is 2.40 bits per heavy atom. The number of dihydropyridines is 1. The van der Waals surface area contributed by atoms with E-state index in [0.717, 1.165) is 29.7 Å². The van der Waals surface area contributed by atoms with Gasteiger partial charge < -0.3 is 9.84 Å². The number of esters is 1. The first-order valence-electron chi connectivity index (χ1n) is 10.5. The third kappa shape index (κ3) is 5.47. The number of phenolic OH excluding ortho intramolecular Hbond substituents is 1. The van der Waals surface area contributed by atoms with E-state index in [1.54, 1.807) is 12.1 Å². The van der Waals surface area contributed by atoms with Gasteiger partial charge in [-0.3, -0.25) is 4.99 Å². The summed E-state index contributed by atoms with van der Waals surface area (Å²) in [5.74, 6) is -0.0305. The summed E-state index contributed by atoms with van der Waals surface area (Å²) in [6.07, 6.45) is 6.12. The first-order valence-corrected chi connectivity index (χ1v) is 10.5. The van der Waals surface area contributed by atoms with E-state index in [0.29, 0.717) is 18.6 Å². The molecule has 30 heavy (non-hydrogen) atoms. The molecule has 0 aromatic heterocycles. The molecule has 0 spiro atoms. The van der Waals surface area contributed by atoms with Gasteiger partial charge in [0.05, 0.1) is 18.4 Å². The number of benzene rings is 2. The number of carbonyl (C=O) groups excluding carboxylic acids is 1. The van der Waals surface area contributed by atoms with Crippen molar-refractivity contribution >= 4 is 17.3 Å². The Kier molecular flexibility index (Phi) is 7.23. The highest BCUT2D eigenvalue weighted by Crippen LogP contribution is 2.30. The van der Waals surface area contributed by atoms with Crippen LogP contribution in [0.15, 0.2) is 71.2 Å². The van der Waals surface area contributed by atoms with Gasteiger partial charge in [0.1, 0.15) is 5.75 Å². The molecule has 1 aliphatic heterocycles. The number of aryl methyl sites for hydroxylation is 1. The Morgan fingerprint density at radius 2 is 1.77 bits per heavy atom. The number of rotatable bonds is 7. The van der Waals surface area contributed by atoms with Gasteiger partial charge in [-0.2, -0.15) is 0 Å². The van der Waals surface area contributed by atoms with Crippen molar-refractivity contribution in [3.8, 4) is 5.75 Å². The Morgan fingerprint density at radius 1 is 1.10 bits per heavy atom. The van der Waals surface area contributed by atoms with E-state index in [4.69, 9.17) is 9.73 Å². The Bertz CT molecular complexity index is 966. The average molecular weight is 404 g/mol. The van der Waals surface area contributed by atoms with E-state index in [9.17, 15) is 9.90 Å². The van der Waals surface area contributed by atoms with Crippen molar-refractivity contribution in [1.82, 2.24) is 0 Å². The van der Waals surface area contributed by atoms with Gasteiger partial charge in [0.2, 0.25) is 0 Å². The number of carbonyl (C=O) groups is 1. The van der Waals surface area contributed by atoms with Gasteiger partial charge in [0.15, 0.2) is 0 Å². The lowest BCUT2D eigenvalue weighted by atomic mass is 9.89. The summed E-state index contributed by atoms with van der Waals surface area (Å²) in [4.78, 5) is 17.4. The zero-order valence-electron chi connectivity index (χ0n) is 17.9. The molecule has 4 heteroatoms. The highest BCUT2D eigenvalue weighted by atomic mass is 16.5. The minimum Gasteiger partial charge on any atom is -0.508 e. The number of aliphatic imine (C=N–C) groups is 1. The highest BCUT2D eigenvalue weighted by Gasteiger charge is 2.23. The monoisotopic (exact) mass is 403 g/mol. The number of hydrogen-bond acceptors (Lipinski definition) is 4. The number of nitrogens with zero attached hydrogens (tertiary/aromatic N) is 1. The minimum atomic E-state index is -0.257. The quantitative estimate of drug-likeness (QED) is 0.481. The lowest BCUT2D eigenvalue weighted by Crippen LogP contribution is -2.19. The molecule has 1 N–H and O–H groups in total. The van der Waals surface area contributed by atoms with Crippen molar-refractivity contribution in [2.45, 2.75) is 46.1 Å². The summed E-state index contributed by atoms with van der Waals surface area (Å²) < 4.78 is 5.25. The van der Waals surface area contributed by atoms with Crippen LogP contribution in [0.1, 0.15) is 49.8 Å². The molecule has 2 aromatic carbocycles. The molecule has 1 aliphatic rings. The summed E-state index contributed by atoms with van der Waals surface area (Å²) in [6.45, 7) is 6.28. The molecule has 4 nitrogen and oxygen atoms in total. The first-order chi connectivity index (χ1) is 14.5. The van der Waals surface area contributed by atoms with E-state index in [2.05, 4.69) is 37.3 Å². The molecule has 0 saturated heterocycles. The van der Waals surface area contributed by atoms with E-state index in [1.165, 1.54) is 11.1 Å². The second kappa shape index (κ2) is 10.1. The Hall–Kier alpha value is -3.14. The molecule has 2 aromatic rings. The predicted molar refractivity (Wildman–Crippen MR) is 122 cm³/mol. The molecule has 0 saturated carbocycles. The lowest BCUT2D eigenvalue weighted by Gasteiger charge is -2.23. The molecule has 3 rings (SSSR count). The molecule has 156 valence electrons. The van der Waals surface area contributed by atoms with Crippen LogP contribution in [0.5, 0.6) is 5.75 Å². The Balaban J connectivity index is 1.95. The second-order valence-electron chi connectivity index (χ2n) is 7.52. The summed E-state index contributed by atoms with van der Waals surface area (Å²) in [7, 11) is 0. The summed E-state index contributed by atoms with van der Waals surface area (Å²) in [6, 6.07) is 15.5. The van der Waals surface area contributed by atoms with Crippen LogP contribution in [0.3, 0.4) is 0 Å². The van der Waals surface area contributed by atoms with E-state index in [1.807, 2.05) is 32.1 Å². The van der Waals surface area contributed by atoms with Crippen molar-refractivity contribution in [1.29, 1.82) is 0 Å². The van der Waals surface area contributed by atoms with E-state index >= 15 is 0 Å². The third-order valence-electron chi connectivity index (χ3n) is 5.12. The molecule has 0 radical (unpaired) electrons. The topological polar surface area (TPSA) is 58.9 Å². The van der Waals surface area contributed by atoms with Gasteiger partial charge in [-0.15, -0.1) is 0 Å². The summed E-state index contributed by atoms with van der Waals surface area (Å²) >= 11 is 0. The van der Waals surface area contributed by atoms with Crippen LogP contribution in [0.25, 0.3) is 5.57 Å². The molecule has 0 aliphatic carbocycles. The predicted octanol–water partition coefficient (Wildman–Crippen LogP) is 5.64. The zero-order valence-corrected chi connectivity index (χ0v) is 17.9. The standard InChI is InChI=1S/C26H29NO3/c1-4-6-21(26(29)30-5-2)15-23-16-22(19-9-7-18(3)8-10-19)17-25(27-23)20-11-13-24(28)14-12-20/h6-14,17,23,28H,4-5,15-16H2,1-3H3/b21-6+. The van der Waals surface area contributed by atoms with Gasteiger partial charge in [-0.05, 0) is 73.7 Å². The van der Waals surface area contributed by atoms with Crippen molar-refractivity contribution in [3.63, 3.8) is 0 Å². The van der Waals surface area contributed by atoms with Crippen LogP contribution < -0.4 is 0 Å². The third-order valence-corrected chi connectivity index (χ3v) is 5.12. The fraction of sp³-hybridized carbons (Fsp3) is 0.308. The van der Waals surface area contributed by atoms with Crippen molar-refractivity contribution in [2.75, 3.05) is 6.61 Å². The van der Waals surface area contributed by atoms with Crippen LogP contribution in [-0.4, -0.2) is 29.4 Å². The first kappa shape index (κ1) is 21.6.